The molecule has 0 saturated carbocycles. The highest BCUT2D eigenvalue weighted by Crippen LogP contribution is 2.28. The van der Waals surface area contributed by atoms with Crippen molar-refractivity contribution in [1.82, 2.24) is 0 Å². The first-order chi connectivity index (χ1) is 9.84. The van der Waals surface area contributed by atoms with E-state index in [0.717, 1.165) is 25.0 Å². The van der Waals surface area contributed by atoms with E-state index in [4.69, 9.17) is 0 Å². The van der Waals surface area contributed by atoms with E-state index in [9.17, 15) is 22.4 Å². The maximum atomic E-state index is 13.0. The average Bonchev–Trinajstić information content (AvgIpc) is 2.40. The summed E-state index contributed by atoms with van der Waals surface area (Å²) in [6.45, 7) is 1.95. The zero-order valence-corrected chi connectivity index (χ0v) is 11.8. The lowest BCUT2D eigenvalue weighted by Gasteiger charge is -2.20. The van der Waals surface area contributed by atoms with Crippen LogP contribution in [0.15, 0.2) is 24.3 Å². The lowest BCUT2D eigenvalue weighted by atomic mass is 10.1. The molecule has 6 heteroatoms. The Labute approximate surface area is 121 Å². The molecule has 118 valence electrons. The molecule has 1 unspecified atom stereocenters. The van der Waals surface area contributed by atoms with Gasteiger partial charge in [-0.3, -0.25) is 0 Å². The predicted molar refractivity (Wildman–Crippen MR) is 70.4 cm³/mol. The van der Waals surface area contributed by atoms with Crippen molar-refractivity contribution in [3.63, 3.8) is 0 Å². The van der Waals surface area contributed by atoms with Gasteiger partial charge in [-0.2, -0.15) is 13.2 Å². The number of carbonyl (C=O) groups excluding carboxylic acids is 1. The van der Waals surface area contributed by atoms with E-state index < -0.39 is 24.1 Å². The van der Waals surface area contributed by atoms with Gasteiger partial charge in [0.25, 0.3) is 0 Å². The SMILES string of the molecule is CCCCCCC(OC(=O)c1cccc(F)c1)C(F)(F)F. The fourth-order valence-electron chi connectivity index (χ4n) is 1.86. The second-order valence-electron chi connectivity index (χ2n) is 4.80. The van der Waals surface area contributed by atoms with Gasteiger partial charge in [-0.25, -0.2) is 9.18 Å². The maximum Gasteiger partial charge on any atom is 0.425 e. The van der Waals surface area contributed by atoms with Gasteiger partial charge in [0.05, 0.1) is 5.56 Å². The molecule has 0 aromatic heterocycles. The third-order valence-electron chi connectivity index (χ3n) is 2.99. The standard InChI is InChI=1S/C15H18F4O2/c1-2-3-4-5-9-13(15(17,18)19)21-14(20)11-7-6-8-12(16)10-11/h6-8,10,13H,2-5,9H2,1H3. The van der Waals surface area contributed by atoms with E-state index in [0.29, 0.717) is 12.8 Å². The molecule has 2 nitrogen and oxygen atoms in total. The van der Waals surface area contributed by atoms with Crippen molar-refractivity contribution < 1.29 is 27.1 Å². The first-order valence-electron chi connectivity index (χ1n) is 6.88. The molecular formula is C15H18F4O2. The Morgan fingerprint density at radius 3 is 2.52 bits per heavy atom. The molecule has 0 spiro atoms. The molecule has 1 aromatic carbocycles. The molecule has 21 heavy (non-hydrogen) atoms. The van der Waals surface area contributed by atoms with Crippen molar-refractivity contribution in [2.24, 2.45) is 0 Å². The molecule has 1 atom stereocenters. The van der Waals surface area contributed by atoms with Gasteiger partial charge in [-0.1, -0.05) is 32.3 Å². The van der Waals surface area contributed by atoms with Gasteiger partial charge in [-0.05, 0) is 31.0 Å². The largest absolute Gasteiger partial charge is 0.449 e. The molecule has 1 aromatic rings. The molecule has 0 N–H and O–H groups in total. The number of rotatable bonds is 7. The van der Waals surface area contributed by atoms with Crippen molar-refractivity contribution in [1.29, 1.82) is 0 Å². The Balaban J connectivity index is 2.65. The highest BCUT2D eigenvalue weighted by atomic mass is 19.4. The van der Waals surface area contributed by atoms with Crippen molar-refractivity contribution in [2.45, 2.75) is 51.3 Å². The summed E-state index contributed by atoms with van der Waals surface area (Å²) in [5.74, 6) is -1.86. The van der Waals surface area contributed by atoms with Crippen molar-refractivity contribution in [2.75, 3.05) is 0 Å². The third-order valence-corrected chi connectivity index (χ3v) is 2.99. The zero-order valence-electron chi connectivity index (χ0n) is 11.8. The van der Waals surface area contributed by atoms with Crippen LogP contribution < -0.4 is 0 Å². The first kappa shape index (κ1) is 17.5. The molecule has 0 saturated heterocycles. The Hall–Kier alpha value is -1.59. The number of carbonyl (C=O) groups is 1. The number of unbranched alkanes of at least 4 members (excludes halogenated alkanes) is 3. The molecule has 0 aliphatic carbocycles. The molecule has 0 aliphatic rings. The molecule has 0 amide bonds. The fraction of sp³-hybridized carbons (Fsp3) is 0.533. The summed E-state index contributed by atoms with van der Waals surface area (Å²) in [4.78, 5) is 11.7. The van der Waals surface area contributed by atoms with Crippen LogP contribution in [0.2, 0.25) is 0 Å². The minimum atomic E-state index is -4.62. The number of ether oxygens (including phenoxy) is 1. The number of benzene rings is 1. The first-order valence-corrected chi connectivity index (χ1v) is 6.88. The van der Waals surface area contributed by atoms with E-state index in [1.165, 1.54) is 12.1 Å². The molecule has 1 rings (SSSR count). The third kappa shape index (κ3) is 6.14. The molecule has 0 heterocycles. The van der Waals surface area contributed by atoms with Crippen LogP contribution in [0.1, 0.15) is 49.4 Å². The summed E-state index contributed by atoms with van der Waals surface area (Å²) in [7, 11) is 0. The number of hydrogen-bond acceptors (Lipinski definition) is 2. The predicted octanol–water partition coefficient (Wildman–Crippen LogP) is 4.88. The van der Waals surface area contributed by atoms with Crippen molar-refractivity contribution in [3.05, 3.63) is 35.6 Å². The van der Waals surface area contributed by atoms with Crippen LogP contribution >= 0.6 is 0 Å². The minimum absolute atomic E-state index is 0.224. The molecule has 0 bridgehead atoms. The van der Waals surface area contributed by atoms with E-state index in [2.05, 4.69) is 4.74 Å². The Morgan fingerprint density at radius 1 is 1.24 bits per heavy atom. The highest BCUT2D eigenvalue weighted by Gasteiger charge is 2.42. The highest BCUT2D eigenvalue weighted by molar-refractivity contribution is 5.89. The summed E-state index contributed by atoms with van der Waals surface area (Å²) in [5, 5.41) is 0. The van der Waals surface area contributed by atoms with Crippen LogP contribution in [0.3, 0.4) is 0 Å². The maximum absolute atomic E-state index is 13.0. The quantitative estimate of drug-likeness (QED) is 0.407. The monoisotopic (exact) mass is 306 g/mol. The van der Waals surface area contributed by atoms with Gasteiger partial charge in [0, 0.05) is 0 Å². The zero-order chi connectivity index (χ0) is 15.9. The Bertz CT molecular complexity index is 457. The van der Waals surface area contributed by atoms with E-state index >= 15 is 0 Å². The van der Waals surface area contributed by atoms with Crippen LogP contribution in [-0.4, -0.2) is 18.2 Å². The van der Waals surface area contributed by atoms with Gasteiger partial charge in [0.15, 0.2) is 6.10 Å². The van der Waals surface area contributed by atoms with Crippen molar-refractivity contribution >= 4 is 5.97 Å². The summed E-state index contributed by atoms with van der Waals surface area (Å²) < 4.78 is 56.0. The molecule has 0 fully saturated rings. The summed E-state index contributed by atoms with van der Waals surface area (Å²) in [6, 6.07) is 4.42. The van der Waals surface area contributed by atoms with Crippen LogP contribution in [0.25, 0.3) is 0 Å². The van der Waals surface area contributed by atoms with E-state index in [1.54, 1.807) is 0 Å². The van der Waals surface area contributed by atoms with Gasteiger partial charge in [-0.15, -0.1) is 0 Å². The Morgan fingerprint density at radius 2 is 1.95 bits per heavy atom. The second-order valence-corrected chi connectivity index (χ2v) is 4.80. The number of hydrogen-bond donors (Lipinski definition) is 0. The van der Waals surface area contributed by atoms with E-state index in [1.807, 2.05) is 6.92 Å². The number of esters is 1. The topological polar surface area (TPSA) is 26.3 Å². The van der Waals surface area contributed by atoms with Crippen LogP contribution in [0, 0.1) is 5.82 Å². The summed E-state index contributed by atoms with van der Waals surface area (Å²) in [5.41, 5.74) is -0.224. The van der Waals surface area contributed by atoms with Gasteiger partial charge >= 0.3 is 12.1 Å². The van der Waals surface area contributed by atoms with Crippen LogP contribution in [0.4, 0.5) is 17.6 Å². The van der Waals surface area contributed by atoms with Crippen molar-refractivity contribution in [3.8, 4) is 0 Å². The normalized spacial score (nSPS) is 13.0. The van der Waals surface area contributed by atoms with Gasteiger partial charge in [0.1, 0.15) is 5.82 Å². The molecule has 0 radical (unpaired) electrons. The smallest absolute Gasteiger partial charge is 0.425 e. The van der Waals surface area contributed by atoms with E-state index in [-0.39, 0.29) is 12.0 Å². The Kier molecular flexibility index (Phi) is 6.65. The fourth-order valence-corrected chi connectivity index (χ4v) is 1.86. The summed E-state index contributed by atoms with van der Waals surface area (Å²) in [6.07, 6.45) is -4.32. The summed E-state index contributed by atoms with van der Waals surface area (Å²) >= 11 is 0. The second kappa shape index (κ2) is 8.00. The van der Waals surface area contributed by atoms with Crippen LogP contribution in [-0.2, 0) is 4.74 Å². The molecular weight excluding hydrogens is 288 g/mol. The average molecular weight is 306 g/mol. The number of halogens is 4. The van der Waals surface area contributed by atoms with Gasteiger partial charge < -0.3 is 4.74 Å². The number of alkyl halides is 3. The lowest BCUT2D eigenvalue weighted by molar-refractivity contribution is -0.206. The minimum Gasteiger partial charge on any atom is -0.449 e. The van der Waals surface area contributed by atoms with Gasteiger partial charge in [0.2, 0.25) is 0 Å². The molecule has 0 aliphatic heterocycles. The lowest BCUT2D eigenvalue weighted by Crippen LogP contribution is -2.33. The van der Waals surface area contributed by atoms with Crippen LogP contribution in [0.5, 0.6) is 0 Å².